The van der Waals surface area contributed by atoms with Crippen molar-refractivity contribution in [1.29, 1.82) is 0 Å². The van der Waals surface area contributed by atoms with Crippen LogP contribution in [0.4, 0.5) is 5.82 Å². The Morgan fingerprint density at radius 1 is 1.10 bits per heavy atom. The minimum atomic E-state index is -2.76. The molecule has 1 aromatic rings. The average molecular weight is 310 g/mol. The van der Waals surface area contributed by atoms with Crippen LogP contribution >= 0.6 is 0 Å². The van der Waals surface area contributed by atoms with Crippen LogP contribution in [-0.4, -0.2) is 60.0 Å². The predicted molar refractivity (Wildman–Crippen MR) is 81.9 cm³/mol. The quantitative estimate of drug-likeness (QED) is 0.895. The number of aromatic nitrogens is 2. The molecule has 0 amide bonds. The highest BCUT2D eigenvalue weighted by atomic mass is 32.2. The lowest BCUT2D eigenvalue weighted by Gasteiger charge is -2.39. The molecule has 6 nitrogen and oxygen atoms in total. The zero-order chi connectivity index (χ0) is 14.7. The average Bonchev–Trinajstić information content (AvgIpc) is 2.49. The third kappa shape index (κ3) is 3.91. The standard InChI is InChI=1S/C14H22N4O2S/c19-21(20)9-3-13(4-10-21)18-7-1-12(2-8-18)17-14-11-15-5-6-16-14/h5-6,11-13H,1-4,7-10H2,(H,16,17). The maximum absolute atomic E-state index is 11.5. The summed E-state index contributed by atoms with van der Waals surface area (Å²) in [7, 11) is -2.76. The lowest BCUT2D eigenvalue weighted by Crippen LogP contribution is -2.47. The maximum atomic E-state index is 11.5. The summed E-state index contributed by atoms with van der Waals surface area (Å²) in [6, 6.07) is 0.885. The molecule has 0 saturated carbocycles. The zero-order valence-electron chi connectivity index (χ0n) is 12.1. The number of nitrogens with zero attached hydrogens (tertiary/aromatic N) is 3. The molecule has 3 heterocycles. The molecule has 2 fully saturated rings. The molecular weight excluding hydrogens is 288 g/mol. The minimum absolute atomic E-state index is 0.357. The van der Waals surface area contributed by atoms with Gasteiger partial charge >= 0.3 is 0 Å². The van der Waals surface area contributed by atoms with Gasteiger partial charge in [0.05, 0.1) is 17.7 Å². The van der Waals surface area contributed by atoms with Crippen molar-refractivity contribution >= 4 is 15.7 Å². The first-order valence-electron chi connectivity index (χ1n) is 7.59. The summed E-state index contributed by atoms with van der Waals surface area (Å²) in [5, 5.41) is 3.42. The Kier molecular flexibility index (Phi) is 4.40. The van der Waals surface area contributed by atoms with Crippen molar-refractivity contribution in [2.24, 2.45) is 0 Å². The summed E-state index contributed by atoms with van der Waals surface area (Å²) >= 11 is 0. The van der Waals surface area contributed by atoms with Crippen LogP contribution in [-0.2, 0) is 9.84 Å². The van der Waals surface area contributed by atoms with Crippen molar-refractivity contribution in [1.82, 2.24) is 14.9 Å². The van der Waals surface area contributed by atoms with Crippen molar-refractivity contribution in [3.05, 3.63) is 18.6 Å². The Morgan fingerprint density at radius 2 is 1.81 bits per heavy atom. The van der Waals surface area contributed by atoms with Crippen LogP contribution in [0.25, 0.3) is 0 Å². The number of piperidine rings is 1. The van der Waals surface area contributed by atoms with Crippen molar-refractivity contribution < 1.29 is 8.42 Å². The third-order valence-electron chi connectivity index (χ3n) is 4.49. The highest BCUT2D eigenvalue weighted by Crippen LogP contribution is 2.23. The van der Waals surface area contributed by atoms with E-state index in [-0.39, 0.29) is 0 Å². The van der Waals surface area contributed by atoms with Crippen LogP contribution in [0.2, 0.25) is 0 Å². The van der Waals surface area contributed by atoms with Gasteiger partial charge in [0, 0.05) is 37.6 Å². The van der Waals surface area contributed by atoms with E-state index in [2.05, 4.69) is 20.2 Å². The highest BCUT2D eigenvalue weighted by Gasteiger charge is 2.30. The first kappa shape index (κ1) is 14.7. The van der Waals surface area contributed by atoms with E-state index in [1.54, 1.807) is 18.6 Å². The van der Waals surface area contributed by atoms with Gasteiger partial charge in [0.1, 0.15) is 15.7 Å². The number of sulfone groups is 1. The van der Waals surface area contributed by atoms with Gasteiger partial charge in [-0.05, 0) is 25.7 Å². The SMILES string of the molecule is O=S1(=O)CCC(N2CCC(Nc3cnccn3)CC2)CC1. The summed E-state index contributed by atoms with van der Waals surface area (Å²) in [4.78, 5) is 10.8. The lowest BCUT2D eigenvalue weighted by atomic mass is 10.0. The Labute approximate surface area is 125 Å². The molecule has 1 N–H and O–H groups in total. The Hall–Kier alpha value is -1.21. The summed E-state index contributed by atoms with van der Waals surface area (Å²) in [5.74, 6) is 1.55. The van der Waals surface area contributed by atoms with E-state index < -0.39 is 9.84 Å². The van der Waals surface area contributed by atoms with E-state index in [1.165, 1.54) is 0 Å². The Balaban J connectivity index is 1.47. The molecular formula is C14H22N4O2S. The minimum Gasteiger partial charge on any atom is -0.366 e. The second kappa shape index (κ2) is 6.27. The molecule has 2 aliphatic heterocycles. The van der Waals surface area contributed by atoms with E-state index in [9.17, 15) is 8.42 Å². The van der Waals surface area contributed by atoms with Gasteiger partial charge in [0.15, 0.2) is 0 Å². The molecule has 0 aromatic carbocycles. The van der Waals surface area contributed by atoms with Crippen molar-refractivity contribution in [2.75, 3.05) is 29.9 Å². The first-order valence-corrected chi connectivity index (χ1v) is 9.41. The zero-order valence-corrected chi connectivity index (χ0v) is 12.9. The molecule has 0 atom stereocenters. The van der Waals surface area contributed by atoms with Crippen molar-refractivity contribution in [2.45, 2.75) is 37.8 Å². The molecule has 0 bridgehead atoms. The number of anilines is 1. The van der Waals surface area contributed by atoms with Crippen LogP contribution in [0.3, 0.4) is 0 Å². The molecule has 2 saturated heterocycles. The number of likely N-dealkylation sites (tertiary alicyclic amines) is 1. The summed E-state index contributed by atoms with van der Waals surface area (Å²) in [6.07, 6.45) is 8.85. The van der Waals surface area contributed by atoms with Gasteiger partial charge in [0.2, 0.25) is 0 Å². The van der Waals surface area contributed by atoms with Gasteiger partial charge in [-0.2, -0.15) is 0 Å². The Morgan fingerprint density at radius 3 is 2.43 bits per heavy atom. The molecule has 7 heteroatoms. The fraction of sp³-hybridized carbons (Fsp3) is 0.714. The van der Waals surface area contributed by atoms with Crippen LogP contribution in [0, 0.1) is 0 Å². The molecule has 1 aromatic heterocycles. The van der Waals surface area contributed by atoms with Crippen LogP contribution in [0.1, 0.15) is 25.7 Å². The van der Waals surface area contributed by atoms with Crippen molar-refractivity contribution in [3.8, 4) is 0 Å². The van der Waals surface area contributed by atoms with Gasteiger partial charge < -0.3 is 10.2 Å². The predicted octanol–water partition coefficient (Wildman–Crippen LogP) is 0.930. The number of rotatable bonds is 3. The molecule has 0 radical (unpaired) electrons. The van der Waals surface area contributed by atoms with Gasteiger partial charge in [-0.1, -0.05) is 0 Å². The molecule has 3 rings (SSSR count). The largest absolute Gasteiger partial charge is 0.366 e. The van der Waals surface area contributed by atoms with Gasteiger partial charge in [-0.15, -0.1) is 0 Å². The van der Waals surface area contributed by atoms with E-state index in [4.69, 9.17) is 0 Å². The van der Waals surface area contributed by atoms with Gasteiger partial charge in [-0.25, -0.2) is 13.4 Å². The molecule has 2 aliphatic rings. The van der Waals surface area contributed by atoms with Gasteiger partial charge in [-0.3, -0.25) is 4.98 Å². The molecule has 21 heavy (non-hydrogen) atoms. The first-order chi connectivity index (χ1) is 10.1. The summed E-state index contributed by atoms with van der Waals surface area (Å²) in [6.45, 7) is 2.06. The fourth-order valence-corrected chi connectivity index (χ4v) is 4.70. The fourth-order valence-electron chi connectivity index (χ4n) is 3.23. The van der Waals surface area contributed by atoms with E-state index >= 15 is 0 Å². The summed E-state index contributed by atoms with van der Waals surface area (Å²) < 4.78 is 23.0. The molecule has 0 unspecified atom stereocenters. The number of hydrogen-bond donors (Lipinski definition) is 1. The van der Waals surface area contributed by atoms with Crippen LogP contribution < -0.4 is 5.32 Å². The molecule has 0 spiro atoms. The molecule has 116 valence electrons. The lowest BCUT2D eigenvalue weighted by molar-refractivity contribution is 0.147. The second-order valence-corrected chi connectivity index (χ2v) is 8.23. The van der Waals surface area contributed by atoms with Crippen LogP contribution in [0.15, 0.2) is 18.6 Å². The Bertz CT molecular complexity index is 542. The smallest absolute Gasteiger partial charge is 0.150 e. The topological polar surface area (TPSA) is 75.2 Å². The monoisotopic (exact) mass is 310 g/mol. The third-order valence-corrected chi connectivity index (χ3v) is 6.20. The van der Waals surface area contributed by atoms with Gasteiger partial charge in [0.25, 0.3) is 0 Å². The highest BCUT2D eigenvalue weighted by molar-refractivity contribution is 7.91. The van der Waals surface area contributed by atoms with E-state index in [1.807, 2.05) is 0 Å². The van der Waals surface area contributed by atoms with Crippen molar-refractivity contribution in [3.63, 3.8) is 0 Å². The molecule has 0 aliphatic carbocycles. The number of hydrogen-bond acceptors (Lipinski definition) is 6. The normalized spacial score (nSPS) is 24.8. The number of nitrogens with one attached hydrogen (secondary N) is 1. The maximum Gasteiger partial charge on any atom is 0.150 e. The second-order valence-electron chi connectivity index (χ2n) is 5.93. The van der Waals surface area contributed by atoms with E-state index in [0.717, 1.165) is 44.6 Å². The summed E-state index contributed by atoms with van der Waals surface area (Å²) in [5.41, 5.74) is 0. The van der Waals surface area contributed by atoms with E-state index in [0.29, 0.717) is 23.6 Å². The van der Waals surface area contributed by atoms with Crippen LogP contribution in [0.5, 0.6) is 0 Å².